The van der Waals surface area contributed by atoms with E-state index in [1.165, 1.54) is 0 Å². The van der Waals surface area contributed by atoms with E-state index in [1.807, 2.05) is 0 Å². The smallest absolute Gasteiger partial charge is 0.799 e. The van der Waals surface area contributed by atoms with E-state index in [0.717, 1.165) is 51.4 Å². The van der Waals surface area contributed by atoms with Crippen molar-refractivity contribution in [3.63, 3.8) is 0 Å². The minimum absolute atomic E-state index is 0. The third kappa shape index (κ3) is 22.9. The van der Waals surface area contributed by atoms with Gasteiger partial charge in [-0.25, -0.2) is 0 Å². The molecular formula is C16H36FeO4P2. The molecule has 142 valence electrons. The van der Waals surface area contributed by atoms with Crippen molar-refractivity contribution in [1.29, 1.82) is 0 Å². The van der Waals surface area contributed by atoms with E-state index >= 15 is 0 Å². The Morgan fingerprint density at radius 1 is 0.609 bits per heavy atom. The van der Waals surface area contributed by atoms with Crippen molar-refractivity contribution in [1.82, 2.24) is 0 Å². The predicted octanol–water partition coefficient (Wildman–Crippen LogP) is 4.45. The zero-order valence-corrected chi connectivity index (χ0v) is 18.3. The average Bonchev–Trinajstić information content (AvgIpc) is 2.49. The van der Waals surface area contributed by atoms with Gasteiger partial charge in [-0.05, 0) is 37.5 Å². The standard InChI is InChI=1S/2C8H19O2P.Fe/c2*1-3-5-6-7-8-11(9,10)4-2;/h2*3-8H2,1-2H3,(H,9,10);/q;;+2/p-2. The molecule has 0 aromatic heterocycles. The fourth-order valence-corrected chi connectivity index (χ4v) is 3.92. The molecule has 0 rings (SSSR count). The van der Waals surface area contributed by atoms with Gasteiger partial charge in [-0.1, -0.05) is 66.2 Å². The minimum Gasteiger partial charge on any atom is -0.799 e. The van der Waals surface area contributed by atoms with E-state index in [9.17, 15) is 18.9 Å². The van der Waals surface area contributed by atoms with Crippen molar-refractivity contribution >= 4 is 14.7 Å². The fraction of sp³-hybridized carbons (Fsp3) is 1.00. The summed E-state index contributed by atoms with van der Waals surface area (Å²) in [5.41, 5.74) is 0. The predicted molar refractivity (Wildman–Crippen MR) is 94.3 cm³/mol. The summed E-state index contributed by atoms with van der Waals surface area (Å²) in [7, 11) is -5.93. The summed E-state index contributed by atoms with van der Waals surface area (Å²) in [5.74, 6) is 0. The van der Waals surface area contributed by atoms with Gasteiger partial charge in [-0.15, -0.1) is 0 Å². The Kier molecular flexibility index (Phi) is 22.1. The average molecular weight is 410 g/mol. The normalized spacial score (nSPS) is 15.6. The van der Waals surface area contributed by atoms with Crippen LogP contribution in [0.3, 0.4) is 0 Å². The summed E-state index contributed by atoms with van der Waals surface area (Å²) in [6.07, 6.45) is 9.90. The van der Waals surface area contributed by atoms with Gasteiger partial charge in [-0.2, -0.15) is 0 Å². The van der Waals surface area contributed by atoms with Crippen LogP contribution in [0.1, 0.15) is 79.1 Å². The summed E-state index contributed by atoms with van der Waals surface area (Å²) in [5, 5.41) is 0. The van der Waals surface area contributed by atoms with E-state index < -0.39 is 14.7 Å². The molecule has 0 aliphatic carbocycles. The second-order valence-electron chi connectivity index (χ2n) is 5.83. The SMILES string of the molecule is CCCCCCP(=O)([O-])CC.CCCCCCP(=O)([O-])CC.[Fe+2]. The monoisotopic (exact) mass is 410 g/mol. The van der Waals surface area contributed by atoms with Gasteiger partial charge in [0, 0.05) is 14.7 Å². The van der Waals surface area contributed by atoms with E-state index in [4.69, 9.17) is 0 Å². The van der Waals surface area contributed by atoms with E-state index in [-0.39, 0.29) is 17.1 Å². The third-order valence-electron chi connectivity index (χ3n) is 3.67. The Morgan fingerprint density at radius 3 is 1.13 bits per heavy atom. The second kappa shape index (κ2) is 17.7. The molecule has 0 aliphatic rings. The maximum atomic E-state index is 11.0. The number of hydrogen-bond acceptors (Lipinski definition) is 4. The van der Waals surface area contributed by atoms with Crippen molar-refractivity contribution in [2.45, 2.75) is 79.1 Å². The van der Waals surface area contributed by atoms with Crippen molar-refractivity contribution in [2.24, 2.45) is 0 Å². The first kappa shape index (κ1) is 28.7. The van der Waals surface area contributed by atoms with E-state index in [1.54, 1.807) is 13.8 Å². The molecule has 0 saturated heterocycles. The van der Waals surface area contributed by atoms with Gasteiger partial charge in [0.2, 0.25) is 0 Å². The number of rotatable bonds is 12. The van der Waals surface area contributed by atoms with Crippen LogP contribution in [-0.4, -0.2) is 24.6 Å². The Morgan fingerprint density at radius 2 is 0.913 bits per heavy atom. The summed E-state index contributed by atoms with van der Waals surface area (Å²) in [4.78, 5) is 22.0. The van der Waals surface area contributed by atoms with Crippen molar-refractivity contribution < 1.29 is 36.0 Å². The van der Waals surface area contributed by atoms with Gasteiger partial charge >= 0.3 is 17.1 Å². The first-order chi connectivity index (χ1) is 10.2. The van der Waals surface area contributed by atoms with Crippen LogP contribution in [0.2, 0.25) is 0 Å². The zero-order valence-electron chi connectivity index (χ0n) is 15.4. The Balaban J connectivity index is -0.000000333. The van der Waals surface area contributed by atoms with Crippen molar-refractivity contribution in [3.8, 4) is 0 Å². The second-order valence-corrected chi connectivity index (χ2v) is 11.2. The largest absolute Gasteiger partial charge is 2.00 e. The van der Waals surface area contributed by atoms with Crippen LogP contribution in [0, 0.1) is 0 Å². The molecule has 0 heterocycles. The molecule has 4 nitrogen and oxygen atoms in total. The van der Waals surface area contributed by atoms with Crippen LogP contribution < -0.4 is 9.79 Å². The minimum atomic E-state index is -2.96. The summed E-state index contributed by atoms with van der Waals surface area (Å²) < 4.78 is 22.0. The van der Waals surface area contributed by atoms with Crippen molar-refractivity contribution in [3.05, 3.63) is 0 Å². The molecule has 0 radical (unpaired) electrons. The van der Waals surface area contributed by atoms with Crippen LogP contribution in [0.15, 0.2) is 0 Å². The molecular weight excluding hydrogens is 374 g/mol. The van der Waals surface area contributed by atoms with E-state index in [2.05, 4.69) is 13.8 Å². The molecule has 0 saturated carbocycles. The van der Waals surface area contributed by atoms with Gasteiger partial charge in [0.25, 0.3) is 0 Å². The molecule has 0 spiro atoms. The fourth-order valence-electron chi connectivity index (χ4n) is 1.88. The molecule has 7 heteroatoms. The first-order valence-electron chi connectivity index (χ1n) is 8.82. The first-order valence-corrected chi connectivity index (χ1v) is 12.8. The van der Waals surface area contributed by atoms with Gasteiger partial charge in [0.15, 0.2) is 0 Å². The molecule has 0 fully saturated rings. The van der Waals surface area contributed by atoms with Gasteiger partial charge in [0.1, 0.15) is 0 Å². The molecule has 0 N–H and O–H groups in total. The number of hydrogen-bond donors (Lipinski definition) is 0. The van der Waals surface area contributed by atoms with Crippen LogP contribution >= 0.6 is 14.7 Å². The molecule has 23 heavy (non-hydrogen) atoms. The quantitative estimate of drug-likeness (QED) is 0.271. The molecule has 2 unspecified atom stereocenters. The summed E-state index contributed by atoms with van der Waals surface area (Å²) >= 11 is 0. The maximum absolute atomic E-state index is 11.0. The Hall–Kier alpha value is 0.899. The van der Waals surface area contributed by atoms with Crippen LogP contribution in [0.25, 0.3) is 0 Å². The van der Waals surface area contributed by atoms with Crippen molar-refractivity contribution in [2.75, 3.05) is 24.6 Å². The van der Waals surface area contributed by atoms with Gasteiger partial charge < -0.3 is 18.9 Å². The molecule has 0 amide bonds. The summed E-state index contributed by atoms with van der Waals surface area (Å²) in [6, 6.07) is 0. The number of unbranched alkanes of at least 4 members (excludes halogenated alkanes) is 6. The van der Waals surface area contributed by atoms with E-state index in [0.29, 0.717) is 24.6 Å². The van der Waals surface area contributed by atoms with Crippen LogP contribution in [0.4, 0.5) is 0 Å². The summed E-state index contributed by atoms with van der Waals surface area (Å²) in [6.45, 7) is 7.68. The van der Waals surface area contributed by atoms with Gasteiger partial charge in [-0.3, -0.25) is 0 Å². The maximum Gasteiger partial charge on any atom is 2.00 e. The Labute approximate surface area is 154 Å². The van der Waals surface area contributed by atoms with Gasteiger partial charge in [0.05, 0.1) is 0 Å². The Bertz CT molecular complexity index is 306. The molecule has 0 aliphatic heterocycles. The molecule has 2 atom stereocenters. The van der Waals surface area contributed by atoms with Crippen LogP contribution in [-0.2, 0) is 26.2 Å². The topological polar surface area (TPSA) is 80.3 Å². The molecule has 0 aromatic carbocycles. The molecule has 0 aromatic rings. The molecule has 0 bridgehead atoms. The van der Waals surface area contributed by atoms with Crippen LogP contribution in [0.5, 0.6) is 0 Å². The zero-order chi connectivity index (χ0) is 17.5. The third-order valence-corrected chi connectivity index (χ3v) is 7.59.